The van der Waals surface area contributed by atoms with E-state index in [1.54, 1.807) is 5.38 Å². The van der Waals surface area contributed by atoms with Crippen LogP contribution in [0.2, 0.25) is 0 Å². The summed E-state index contributed by atoms with van der Waals surface area (Å²) in [4.78, 5) is 14.7. The van der Waals surface area contributed by atoms with E-state index in [0.29, 0.717) is 5.69 Å². The molecule has 0 N–H and O–H groups in total. The smallest absolute Gasteiger partial charge is 0.204 e. The molecule has 0 unspecified atom stereocenters. The Balaban J connectivity index is 2.95. The van der Waals surface area contributed by atoms with Crippen LogP contribution in [0.4, 0.5) is 0 Å². The molecule has 52 valence electrons. The van der Waals surface area contributed by atoms with Gasteiger partial charge in [-0.25, -0.2) is 4.98 Å². The summed E-state index contributed by atoms with van der Waals surface area (Å²) >= 11 is 4.54. The minimum absolute atomic E-state index is 0.137. The largest absolute Gasteiger partial charge is 0.288 e. The van der Waals surface area contributed by atoms with E-state index in [-0.39, 0.29) is 5.78 Å². The van der Waals surface area contributed by atoms with E-state index in [0.717, 1.165) is 3.92 Å². The zero-order valence-corrected chi connectivity index (χ0v) is 7.41. The Morgan fingerprint density at radius 1 is 1.90 bits per heavy atom. The van der Waals surface area contributed by atoms with Gasteiger partial charge in [-0.05, 0) is 22.0 Å². The van der Waals surface area contributed by atoms with E-state index < -0.39 is 0 Å². The Morgan fingerprint density at radius 3 is 3.00 bits per heavy atom. The summed E-state index contributed by atoms with van der Waals surface area (Å²) in [7, 11) is 0. The number of carbonyl (C=O) groups excluding carboxylic acids is 1. The van der Waals surface area contributed by atoms with Crippen molar-refractivity contribution in [3.8, 4) is 0 Å². The van der Waals surface area contributed by atoms with Crippen molar-refractivity contribution in [3.05, 3.63) is 27.6 Å². The predicted octanol–water partition coefficient (Wildman–Crippen LogP) is 2.27. The molecule has 0 fully saturated rings. The number of rotatable bonds is 2. The van der Waals surface area contributed by atoms with Gasteiger partial charge in [-0.15, -0.1) is 11.3 Å². The standard InChI is InChI=1S/C6H4BrNOS/c1-2-5(9)4-3-10-6(7)8-4/h2-3H,1H2. The highest BCUT2D eigenvalue weighted by molar-refractivity contribution is 9.11. The average molecular weight is 218 g/mol. The normalized spacial score (nSPS) is 9.30. The number of halogens is 1. The van der Waals surface area contributed by atoms with Crippen LogP contribution in [0.25, 0.3) is 0 Å². The van der Waals surface area contributed by atoms with Gasteiger partial charge in [0.15, 0.2) is 3.92 Å². The van der Waals surface area contributed by atoms with E-state index >= 15 is 0 Å². The van der Waals surface area contributed by atoms with Crippen LogP contribution < -0.4 is 0 Å². The molecule has 2 nitrogen and oxygen atoms in total. The van der Waals surface area contributed by atoms with Crippen LogP contribution in [0.5, 0.6) is 0 Å². The fraction of sp³-hybridized carbons (Fsp3) is 0. The Hall–Kier alpha value is -0.480. The molecule has 0 aliphatic heterocycles. The summed E-state index contributed by atoms with van der Waals surface area (Å²) in [5.74, 6) is -0.137. The molecular weight excluding hydrogens is 214 g/mol. The number of ketones is 1. The third kappa shape index (κ3) is 1.52. The lowest BCUT2D eigenvalue weighted by atomic mass is 10.3. The van der Waals surface area contributed by atoms with Crippen molar-refractivity contribution >= 4 is 33.0 Å². The first-order chi connectivity index (χ1) is 4.74. The van der Waals surface area contributed by atoms with Gasteiger partial charge in [0.25, 0.3) is 0 Å². The van der Waals surface area contributed by atoms with Gasteiger partial charge in [0.05, 0.1) is 0 Å². The first-order valence-electron chi connectivity index (χ1n) is 2.52. The number of aromatic nitrogens is 1. The summed E-state index contributed by atoms with van der Waals surface area (Å²) in [6.45, 7) is 3.35. The van der Waals surface area contributed by atoms with Crippen molar-refractivity contribution in [3.63, 3.8) is 0 Å². The molecule has 0 radical (unpaired) electrons. The van der Waals surface area contributed by atoms with Crippen LogP contribution in [0.15, 0.2) is 22.0 Å². The molecule has 10 heavy (non-hydrogen) atoms. The number of hydrogen-bond acceptors (Lipinski definition) is 3. The third-order valence-electron chi connectivity index (χ3n) is 0.914. The highest BCUT2D eigenvalue weighted by atomic mass is 79.9. The average Bonchev–Trinajstić information content (AvgIpc) is 2.34. The number of thiazole rings is 1. The second-order valence-corrected chi connectivity index (χ2v) is 3.69. The molecule has 1 heterocycles. The van der Waals surface area contributed by atoms with Gasteiger partial charge in [-0.1, -0.05) is 6.58 Å². The summed E-state index contributed by atoms with van der Waals surface area (Å²) in [6.07, 6.45) is 1.25. The Kier molecular flexibility index (Phi) is 2.34. The maximum Gasteiger partial charge on any atom is 0.204 e. The lowest BCUT2D eigenvalue weighted by Crippen LogP contribution is -1.92. The molecule has 0 aliphatic carbocycles. The molecule has 0 spiro atoms. The minimum Gasteiger partial charge on any atom is -0.288 e. The molecule has 4 heteroatoms. The van der Waals surface area contributed by atoms with Gasteiger partial charge in [0.1, 0.15) is 5.69 Å². The first kappa shape index (κ1) is 7.63. The molecule has 1 aromatic rings. The number of hydrogen-bond donors (Lipinski definition) is 0. The highest BCUT2D eigenvalue weighted by Gasteiger charge is 2.04. The van der Waals surface area contributed by atoms with E-state index in [4.69, 9.17) is 0 Å². The lowest BCUT2D eigenvalue weighted by molar-refractivity contribution is 0.104. The zero-order valence-electron chi connectivity index (χ0n) is 5.00. The van der Waals surface area contributed by atoms with Gasteiger partial charge in [-0.2, -0.15) is 0 Å². The van der Waals surface area contributed by atoms with Gasteiger partial charge in [0.2, 0.25) is 5.78 Å². The second-order valence-electron chi connectivity index (χ2n) is 1.55. The minimum atomic E-state index is -0.137. The molecule has 0 saturated carbocycles. The van der Waals surface area contributed by atoms with Crippen molar-refractivity contribution in [2.24, 2.45) is 0 Å². The Morgan fingerprint density at radius 2 is 2.60 bits per heavy atom. The van der Waals surface area contributed by atoms with Crippen LogP contribution in [0, 0.1) is 0 Å². The summed E-state index contributed by atoms with van der Waals surface area (Å²) in [6, 6.07) is 0. The van der Waals surface area contributed by atoms with E-state index in [2.05, 4.69) is 27.5 Å². The zero-order chi connectivity index (χ0) is 7.56. The van der Waals surface area contributed by atoms with Crippen LogP contribution in [-0.2, 0) is 0 Å². The number of nitrogens with zero attached hydrogens (tertiary/aromatic N) is 1. The van der Waals surface area contributed by atoms with Gasteiger partial charge >= 0.3 is 0 Å². The monoisotopic (exact) mass is 217 g/mol. The molecule has 0 aliphatic rings. The number of carbonyl (C=O) groups is 1. The van der Waals surface area contributed by atoms with Gasteiger partial charge in [-0.3, -0.25) is 4.79 Å². The maximum atomic E-state index is 10.8. The quantitative estimate of drug-likeness (QED) is 0.563. The van der Waals surface area contributed by atoms with Crippen LogP contribution in [-0.4, -0.2) is 10.8 Å². The highest BCUT2D eigenvalue weighted by Crippen LogP contribution is 2.16. The molecule has 0 aromatic carbocycles. The molecule has 1 aromatic heterocycles. The van der Waals surface area contributed by atoms with Crippen LogP contribution in [0.3, 0.4) is 0 Å². The summed E-state index contributed by atoms with van der Waals surface area (Å²) < 4.78 is 0.720. The molecule has 1 rings (SSSR count). The van der Waals surface area contributed by atoms with Gasteiger partial charge in [0, 0.05) is 5.38 Å². The van der Waals surface area contributed by atoms with Crippen molar-refractivity contribution in [1.29, 1.82) is 0 Å². The fourth-order valence-corrected chi connectivity index (χ4v) is 1.47. The molecular formula is C6H4BrNOS. The third-order valence-corrected chi connectivity index (χ3v) is 2.28. The number of allylic oxidation sites excluding steroid dienone is 1. The fourth-order valence-electron chi connectivity index (χ4n) is 0.470. The topological polar surface area (TPSA) is 30.0 Å². The second kappa shape index (κ2) is 3.07. The summed E-state index contributed by atoms with van der Waals surface area (Å²) in [5, 5.41) is 1.69. The van der Waals surface area contributed by atoms with E-state index in [1.807, 2.05) is 0 Å². The maximum absolute atomic E-state index is 10.8. The Labute approximate surface area is 70.7 Å². The van der Waals surface area contributed by atoms with Crippen LogP contribution in [0.1, 0.15) is 10.5 Å². The van der Waals surface area contributed by atoms with E-state index in [9.17, 15) is 4.79 Å². The van der Waals surface area contributed by atoms with Crippen LogP contribution >= 0.6 is 27.3 Å². The molecule has 0 saturated heterocycles. The molecule has 0 amide bonds. The van der Waals surface area contributed by atoms with Crippen molar-refractivity contribution < 1.29 is 4.79 Å². The lowest BCUT2D eigenvalue weighted by Gasteiger charge is -1.81. The molecule has 0 bridgehead atoms. The van der Waals surface area contributed by atoms with Crippen molar-refractivity contribution in [1.82, 2.24) is 4.98 Å². The predicted molar refractivity (Wildman–Crippen MR) is 44.3 cm³/mol. The van der Waals surface area contributed by atoms with Crippen molar-refractivity contribution in [2.75, 3.05) is 0 Å². The van der Waals surface area contributed by atoms with E-state index in [1.165, 1.54) is 17.4 Å². The Bertz CT molecular complexity index is 268. The SMILES string of the molecule is C=CC(=O)c1csc(Br)n1. The molecule has 0 atom stereocenters. The van der Waals surface area contributed by atoms with Crippen molar-refractivity contribution in [2.45, 2.75) is 0 Å². The first-order valence-corrected chi connectivity index (χ1v) is 4.19. The summed E-state index contributed by atoms with van der Waals surface area (Å²) in [5.41, 5.74) is 0.451. The van der Waals surface area contributed by atoms with Gasteiger partial charge < -0.3 is 0 Å².